The molecular weight excluding hydrogens is 372 g/mol. The van der Waals surface area contributed by atoms with Crippen molar-refractivity contribution in [2.24, 2.45) is 0 Å². The molecule has 2 aromatic carbocycles. The fourth-order valence-electron chi connectivity index (χ4n) is 3.16. The van der Waals surface area contributed by atoms with E-state index in [1.165, 1.54) is 0 Å². The predicted molar refractivity (Wildman–Crippen MR) is 107 cm³/mol. The summed E-state index contributed by atoms with van der Waals surface area (Å²) in [5.74, 6) is 0.0646. The first-order chi connectivity index (χ1) is 11.9. The van der Waals surface area contributed by atoms with Crippen LogP contribution in [-0.4, -0.2) is 26.6 Å². The van der Waals surface area contributed by atoms with Gasteiger partial charge in [-0.05, 0) is 48.2 Å². The first-order valence-electron chi connectivity index (χ1n) is 8.42. The molecule has 0 radical (unpaired) electrons. The monoisotopic (exact) mass is 394 g/mol. The third-order valence-electron chi connectivity index (χ3n) is 4.61. The lowest BCUT2D eigenvalue weighted by atomic mass is 9.99. The Morgan fingerprint density at radius 3 is 2.50 bits per heavy atom. The van der Waals surface area contributed by atoms with Crippen LogP contribution in [0.25, 0.3) is 0 Å². The number of amides is 1. The normalized spacial score (nSPS) is 13.7. The Hall–Kier alpha value is -2.05. The summed E-state index contributed by atoms with van der Waals surface area (Å²) in [6.07, 6.45) is 2.01. The maximum Gasteiger partial charge on any atom is 0.231 e. The van der Waals surface area contributed by atoms with Crippen molar-refractivity contribution in [2.75, 3.05) is 22.9 Å². The molecule has 0 atom stereocenters. The summed E-state index contributed by atoms with van der Waals surface area (Å²) in [6, 6.07) is 12.2. The highest BCUT2D eigenvalue weighted by molar-refractivity contribution is 7.91. The number of rotatable bonds is 4. The Balaban J connectivity index is 0.00000243. The Kier molecular flexibility index (Phi) is 6.31. The van der Waals surface area contributed by atoms with E-state index >= 15 is 0 Å². The number of carbonyl (C=O) groups excluding carboxylic acids is 1. The minimum Gasteiger partial charge on any atom is -0.398 e. The number of sulfone groups is 1. The molecule has 0 aliphatic carbocycles. The highest BCUT2D eigenvalue weighted by Gasteiger charge is 2.23. The van der Waals surface area contributed by atoms with Crippen molar-refractivity contribution in [3.8, 4) is 0 Å². The number of nitrogens with two attached hydrogens (primary N) is 1. The van der Waals surface area contributed by atoms with Crippen molar-refractivity contribution >= 4 is 39.5 Å². The number of hydrogen-bond acceptors (Lipinski definition) is 4. The second-order valence-corrected chi connectivity index (χ2v) is 8.50. The molecule has 26 heavy (non-hydrogen) atoms. The van der Waals surface area contributed by atoms with Crippen molar-refractivity contribution in [1.82, 2.24) is 0 Å². The first-order valence-corrected chi connectivity index (χ1v) is 10.1. The number of nitrogen functional groups attached to an aromatic ring is 1. The summed E-state index contributed by atoms with van der Waals surface area (Å²) in [7, 11) is -3.22. The third-order valence-corrected chi connectivity index (χ3v) is 6.36. The maximum atomic E-state index is 12.7. The van der Waals surface area contributed by atoms with E-state index < -0.39 is 9.84 Å². The molecule has 1 heterocycles. The Morgan fingerprint density at radius 2 is 1.85 bits per heavy atom. The average Bonchev–Trinajstić information content (AvgIpc) is 2.62. The van der Waals surface area contributed by atoms with Crippen LogP contribution in [-0.2, 0) is 27.5 Å². The van der Waals surface area contributed by atoms with Crippen molar-refractivity contribution < 1.29 is 13.2 Å². The highest BCUT2D eigenvalue weighted by Crippen LogP contribution is 2.31. The topological polar surface area (TPSA) is 80.5 Å². The van der Waals surface area contributed by atoms with E-state index in [2.05, 4.69) is 0 Å². The second kappa shape index (κ2) is 8.10. The number of benzene rings is 2. The highest BCUT2D eigenvalue weighted by atomic mass is 35.5. The van der Waals surface area contributed by atoms with Crippen molar-refractivity contribution in [2.45, 2.75) is 31.1 Å². The summed E-state index contributed by atoms with van der Waals surface area (Å²) >= 11 is 0. The van der Waals surface area contributed by atoms with Gasteiger partial charge >= 0.3 is 0 Å². The standard InChI is InChI=1S/C19H22N2O3S.ClH/c1-2-25(23,24)15-10-8-14(9-11-15)13-19(22)21-12-4-5-16-17(20)6-3-7-18(16)21;/h3,6-11H,2,4-5,12-13,20H2,1H3;1H. The van der Waals surface area contributed by atoms with Crippen LogP contribution in [0.3, 0.4) is 0 Å². The molecule has 1 aliphatic rings. The summed E-state index contributed by atoms with van der Waals surface area (Å²) in [6.45, 7) is 2.30. The lowest BCUT2D eigenvalue weighted by Gasteiger charge is -2.30. The van der Waals surface area contributed by atoms with Gasteiger partial charge in [0.25, 0.3) is 0 Å². The fourth-order valence-corrected chi connectivity index (χ4v) is 4.05. The van der Waals surface area contributed by atoms with Gasteiger partial charge < -0.3 is 10.6 Å². The molecule has 0 fully saturated rings. The van der Waals surface area contributed by atoms with E-state index in [0.29, 0.717) is 11.4 Å². The molecule has 0 spiro atoms. The molecule has 0 saturated carbocycles. The Morgan fingerprint density at radius 1 is 1.15 bits per heavy atom. The van der Waals surface area contributed by atoms with Crippen LogP contribution >= 0.6 is 12.4 Å². The molecule has 0 unspecified atom stereocenters. The quantitative estimate of drug-likeness (QED) is 0.808. The van der Waals surface area contributed by atoms with Gasteiger partial charge in [-0.25, -0.2) is 8.42 Å². The van der Waals surface area contributed by atoms with Crippen LogP contribution in [0, 0.1) is 0 Å². The van der Waals surface area contributed by atoms with Crippen molar-refractivity contribution in [3.63, 3.8) is 0 Å². The van der Waals surface area contributed by atoms with Gasteiger partial charge in [-0.3, -0.25) is 4.79 Å². The van der Waals surface area contributed by atoms with Crippen molar-refractivity contribution in [1.29, 1.82) is 0 Å². The van der Waals surface area contributed by atoms with Gasteiger partial charge in [-0.2, -0.15) is 0 Å². The van der Waals surface area contributed by atoms with Crippen molar-refractivity contribution in [3.05, 3.63) is 53.6 Å². The SMILES string of the molecule is CCS(=O)(=O)c1ccc(CC(=O)N2CCCc3c(N)cccc32)cc1.Cl. The zero-order chi connectivity index (χ0) is 18.0. The number of hydrogen-bond donors (Lipinski definition) is 1. The lowest BCUT2D eigenvalue weighted by Crippen LogP contribution is -2.36. The summed E-state index contributed by atoms with van der Waals surface area (Å²) in [4.78, 5) is 14.8. The maximum absolute atomic E-state index is 12.7. The van der Waals surface area contributed by atoms with E-state index in [1.54, 1.807) is 36.1 Å². The van der Waals surface area contributed by atoms with Gasteiger partial charge in [0, 0.05) is 17.9 Å². The van der Waals surface area contributed by atoms with E-state index in [0.717, 1.165) is 35.3 Å². The molecule has 0 aromatic heterocycles. The van der Waals surface area contributed by atoms with Crippen LogP contribution < -0.4 is 10.6 Å². The summed E-state index contributed by atoms with van der Waals surface area (Å²) in [5.41, 5.74) is 9.48. The third kappa shape index (κ3) is 4.02. The molecule has 0 saturated heterocycles. The first kappa shape index (κ1) is 20.3. The molecule has 1 amide bonds. The summed E-state index contributed by atoms with van der Waals surface area (Å²) < 4.78 is 23.7. The van der Waals surface area contributed by atoms with Gasteiger partial charge in [0.1, 0.15) is 0 Å². The molecule has 5 nitrogen and oxygen atoms in total. The van der Waals surface area contributed by atoms with E-state index in [4.69, 9.17) is 5.73 Å². The van der Waals surface area contributed by atoms with Gasteiger partial charge in [-0.1, -0.05) is 25.1 Å². The van der Waals surface area contributed by atoms with E-state index in [9.17, 15) is 13.2 Å². The number of carbonyl (C=O) groups is 1. The summed E-state index contributed by atoms with van der Waals surface area (Å²) in [5, 5.41) is 0. The van der Waals surface area contributed by atoms with Gasteiger partial charge in [-0.15, -0.1) is 12.4 Å². The minimum absolute atomic E-state index is 0. The molecular formula is C19H23ClN2O3S. The molecule has 3 rings (SSSR count). The molecule has 2 aromatic rings. The second-order valence-electron chi connectivity index (χ2n) is 6.22. The van der Waals surface area contributed by atoms with Crippen LogP contribution in [0.5, 0.6) is 0 Å². The number of fused-ring (bicyclic) bond motifs is 1. The molecule has 2 N–H and O–H groups in total. The number of nitrogens with zero attached hydrogens (tertiary/aromatic N) is 1. The molecule has 140 valence electrons. The largest absolute Gasteiger partial charge is 0.398 e. The van der Waals surface area contributed by atoms with E-state index in [1.807, 2.05) is 18.2 Å². The lowest BCUT2D eigenvalue weighted by molar-refractivity contribution is -0.118. The fraction of sp³-hybridized carbons (Fsp3) is 0.316. The van der Waals surface area contributed by atoms with Crippen LogP contribution in [0.4, 0.5) is 11.4 Å². The molecule has 0 bridgehead atoms. The molecule has 1 aliphatic heterocycles. The zero-order valence-electron chi connectivity index (χ0n) is 14.6. The zero-order valence-corrected chi connectivity index (χ0v) is 16.3. The minimum atomic E-state index is -3.22. The van der Waals surface area contributed by atoms with E-state index in [-0.39, 0.29) is 30.5 Å². The Bertz CT molecular complexity index is 896. The predicted octanol–water partition coefficient (Wildman–Crippen LogP) is 3.01. The van der Waals surface area contributed by atoms with Gasteiger partial charge in [0.05, 0.1) is 17.1 Å². The van der Waals surface area contributed by atoms with Gasteiger partial charge in [0.2, 0.25) is 5.91 Å². The Labute approximate surface area is 160 Å². The smallest absolute Gasteiger partial charge is 0.231 e. The number of anilines is 2. The van der Waals surface area contributed by atoms with Crippen LogP contribution in [0.15, 0.2) is 47.4 Å². The number of halogens is 1. The van der Waals surface area contributed by atoms with Crippen LogP contribution in [0.1, 0.15) is 24.5 Å². The van der Waals surface area contributed by atoms with Gasteiger partial charge in [0.15, 0.2) is 9.84 Å². The molecule has 7 heteroatoms. The average molecular weight is 395 g/mol. The van der Waals surface area contributed by atoms with Crippen LogP contribution in [0.2, 0.25) is 0 Å².